The fraction of sp³-hybridized carbons (Fsp3) is 0.600. The van der Waals surface area contributed by atoms with Crippen LogP contribution in [0.25, 0.3) is 0 Å². The molecule has 2 rings (SSSR count). The molecule has 0 atom stereocenters. The maximum atomic E-state index is 2.51. The molecule has 0 amide bonds. The van der Waals surface area contributed by atoms with Gasteiger partial charge in [0, 0.05) is 31.9 Å². The quantitative estimate of drug-likeness (QED) is 0.773. The van der Waals surface area contributed by atoms with Gasteiger partial charge in [-0.15, -0.1) is 0 Å². The van der Waals surface area contributed by atoms with E-state index in [0.29, 0.717) is 5.92 Å². The molecule has 1 fully saturated rings. The van der Waals surface area contributed by atoms with Crippen LogP contribution >= 0.6 is 0 Å². The number of anilines is 1. The minimum Gasteiger partial charge on any atom is -0.369 e. The fourth-order valence-corrected chi connectivity index (χ4v) is 2.44. The lowest BCUT2D eigenvalue weighted by Gasteiger charge is -2.35. The first-order valence-corrected chi connectivity index (χ1v) is 6.62. The Labute approximate surface area is 105 Å². The number of likely N-dealkylation sites (N-methyl/N-ethyl adjacent to an activating group) is 1. The van der Waals surface area contributed by atoms with E-state index in [1.165, 1.54) is 29.9 Å². The van der Waals surface area contributed by atoms with E-state index in [1.807, 2.05) is 0 Å². The molecule has 94 valence electrons. The summed E-state index contributed by atoms with van der Waals surface area (Å²) < 4.78 is 0. The summed E-state index contributed by atoms with van der Waals surface area (Å²) in [4.78, 5) is 4.91. The van der Waals surface area contributed by atoms with Crippen LogP contribution in [-0.4, -0.2) is 38.1 Å². The van der Waals surface area contributed by atoms with E-state index < -0.39 is 0 Å². The Morgan fingerprint density at radius 2 is 1.71 bits per heavy atom. The topological polar surface area (TPSA) is 6.48 Å². The molecule has 0 N–H and O–H groups in total. The molecule has 0 saturated carbocycles. The molecule has 1 aromatic carbocycles. The first-order valence-electron chi connectivity index (χ1n) is 6.62. The van der Waals surface area contributed by atoms with E-state index in [9.17, 15) is 0 Å². The Morgan fingerprint density at radius 1 is 1.06 bits per heavy atom. The van der Waals surface area contributed by atoms with Crippen molar-refractivity contribution in [2.75, 3.05) is 38.1 Å². The maximum Gasteiger partial charge on any atom is 0.0397 e. The van der Waals surface area contributed by atoms with Crippen molar-refractivity contribution in [1.82, 2.24) is 4.90 Å². The minimum atomic E-state index is 0.621. The largest absolute Gasteiger partial charge is 0.369 e. The van der Waals surface area contributed by atoms with E-state index in [1.54, 1.807) is 0 Å². The zero-order chi connectivity index (χ0) is 12.4. The summed E-state index contributed by atoms with van der Waals surface area (Å²) in [6.07, 6.45) is 0. The van der Waals surface area contributed by atoms with Crippen molar-refractivity contribution in [3.63, 3.8) is 0 Å². The first-order chi connectivity index (χ1) is 8.08. The summed E-state index contributed by atoms with van der Waals surface area (Å²) in [6, 6.07) is 6.93. The molecule has 0 bridgehead atoms. The van der Waals surface area contributed by atoms with Crippen LogP contribution in [0.3, 0.4) is 0 Å². The van der Waals surface area contributed by atoms with E-state index >= 15 is 0 Å². The Bertz CT molecular complexity index is 377. The van der Waals surface area contributed by atoms with Crippen molar-refractivity contribution >= 4 is 5.69 Å². The van der Waals surface area contributed by atoms with Gasteiger partial charge < -0.3 is 9.80 Å². The molecule has 0 aliphatic carbocycles. The van der Waals surface area contributed by atoms with Gasteiger partial charge in [0.1, 0.15) is 0 Å². The molecule has 2 nitrogen and oxygen atoms in total. The predicted octanol–water partition coefficient (Wildman–Crippen LogP) is 2.87. The number of aryl methyl sites for hydroxylation is 1. The van der Waals surface area contributed by atoms with Crippen molar-refractivity contribution in [3.8, 4) is 0 Å². The van der Waals surface area contributed by atoms with Crippen LogP contribution in [0, 0.1) is 6.92 Å². The SMILES string of the molecule is Cc1cc(C(C)C)ccc1N1CCN(C)CC1. The van der Waals surface area contributed by atoms with Crippen LogP contribution < -0.4 is 4.90 Å². The molecular formula is C15H24N2. The fourth-order valence-electron chi connectivity index (χ4n) is 2.44. The van der Waals surface area contributed by atoms with Gasteiger partial charge >= 0.3 is 0 Å². The van der Waals surface area contributed by atoms with Crippen molar-refractivity contribution in [2.24, 2.45) is 0 Å². The Hall–Kier alpha value is -1.02. The van der Waals surface area contributed by atoms with Gasteiger partial charge in [0.05, 0.1) is 0 Å². The number of benzene rings is 1. The van der Waals surface area contributed by atoms with Crippen molar-refractivity contribution in [3.05, 3.63) is 29.3 Å². The van der Waals surface area contributed by atoms with Gasteiger partial charge in [-0.3, -0.25) is 0 Å². The molecular weight excluding hydrogens is 208 g/mol. The molecule has 0 unspecified atom stereocenters. The van der Waals surface area contributed by atoms with Crippen LogP contribution in [0.1, 0.15) is 30.9 Å². The van der Waals surface area contributed by atoms with Crippen molar-refractivity contribution in [1.29, 1.82) is 0 Å². The summed E-state index contributed by atoms with van der Waals surface area (Å²) in [7, 11) is 2.20. The number of nitrogens with zero attached hydrogens (tertiary/aromatic N) is 2. The average Bonchev–Trinajstić information content (AvgIpc) is 2.30. The van der Waals surface area contributed by atoms with Crippen LogP contribution in [0.5, 0.6) is 0 Å². The van der Waals surface area contributed by atoms with E-state index in [-0.39, 0.29) is 0 Å². The molecule has 0 spiro atoms. The number of hydrogen-bond acceptors (Lipinski definition) is 2. The summed E-state index contributed by atoms with van der Waals surface area (Å²) in [5.41, 5.74) is 4.28. The highest BCUT2D eigenvalue weighted by Gasteiger charge is 2.16. The maximum absolute atomic E-state index is 2.51. The van der Waals surface area contributed by atoms with Crippen molar-refractivity contribution in [2.45, 2.75) is 26.7 Å². The molecule has 0 radical (unpaired) electrons. The van der Waals surface area contributed by atoms with Gasteiger partial charge in [0.25, 0.3) is 0 Å². The molecule has 0 aromatic heterocycles. The molecule has 1 aliphatic rings. The highest BCUT2D eigenvalue weighted by molar-refractivity contribution is 5.55. The van der Waals surface area contributed by atoms with Crippen LogP contribution in [0.2, 0.25) is 0 Å². The van der Waals surface area contributed by atoms with Crippen molar-refractivity contribution < 1.29 is 0 Å². The lowest BCUT2D eigenvalue weighted by Crippen LogP contribution is -2.44. The monoisotopic (exact) mass is 232 g/mol. The zero-order valence-corrected chi connectivity index (χ0v) is 11.5. The highest BCUT2D eigenvalue weighted by atomic mass is 15.2. The van der Waals surface area contributed by atoms with Gasteiger partial charge in [-0.2, -0.15) is 0 Å². The Kier molecular flexibility index (Phi) is 3.72. The summed E-state index contributed by atoms with van der Waals surface area (Å²) in [5, 5.41) is 0. The molecule has 2 heteroatoms. The van der Waals surface area contributed by atoms with E-state index in [0.717, 1.165) is 13.1 Å². The smallest absolute Gasteiger partial charge is 0.0397 e. The third-order valence-electron chi connectivity index (χ3n) is 3.73. The van der Waals surface area contributed by atoms with Gasteiger partial charge in [0.2, 0.25) is 0 Å². The van der Waals surface area contributed by atoms with Crippen LogP contribution in [-0.2, 0) is 0 Å². The third-order valence-corrected chi connectivity index (χ3v) is 3.73. The number of rotatable bonds is 2. The zero-order valence-electron chi connectivity index (χ0n) is 11.5. The standard InChI is InChI=1S/C15H24N2/c1-12(2)14-5-6-15(13(3)11-14)17-9-7-16(4)8-10-17/h5-6,11-12H,7-10H2,1-4H3. The number of piperazine rings is 1. The number of hydrogen-bond donors (Lipinski definition) is 0. The van der Waals surface area contributed by atoms with Gasteiger partial charge in [-0.1, -0.05) is 26.0 Å². The Balaban J connectivity index is 2.16. The molecule has 1 aliphatic heterocycles. The van der Waals surface area contributed by atoms with E-state index in [2.05, 4.69) is 55.8 Å². The summed E-state index contributed by atoms with van der Waals surface area (Å²) in [6.45, 7) is 11.4. The lowest BCUT2D eigenvalue weighted by molar-refractivity contribution is 0.312. The molecule has 1 aromatic rings. The minimum absolute atomic E-state index is 0.621. The third kappa shape index (κ3) is 2.81. The van der Waals surface area contributed by atoms with Crippen LogP contribution in [0.15, 0.2) is 18.2 Å². The van der Waals surface area contributed by atoms with E-state index in [4.69, 9.17) is 0 Å². The second-order valence-corrected chi connectivity index (χ2v) is 5.49. The van der Waals surface area contributed by atoms with Gasteiger partial charge in [0.15, 0.2) is 0 Å². The van der Waals surface area contributed by atoms with Crippen LogP contribution in [0.4, 0.5) is 5.69 Å². The summed E-state index contributed by atoms with van der Waals surface area (Å²) >= 11 is 0. The Morgan fingerprint density at radius 3 is 2.24 bits per heavy atom. The lowest BCUT2D eigenvalue weighted by atomic mass is 9.99. The normalized spacial score (nSPS) is 17.8. The van der Waals surface area contributed by atoms with Gasteiger partial charge in [-0.05, 0) is 37.1 Å². The second kappa shape index (κ2) is 5.09. The predicted molar refractivity (Wildman–Crippen MR) is 75.0 cm³/mol. The van der Waals surface area contributed by atoms with Gasteiger partial charge in [-0.25, -0.2) is 0 Å². The average molecular weight is 232 g/mol. The first kappa shape index (κ1) is 12.4. The summed E-state index contributed by atoms with van der Waals surface area (Å²) in [5.74, 6) is 0.621. The second-order valence-electron chi connectivity index (χ2n) is 5.49. The molecule has 1 saturated heterocycles. The molecule has 1 heterocycles. The highest BCUT2D eigenvalue weighted by Crippen LogP contribution is 2.25. The molecule has 17 heavy (non-hydrogen) atoms.